The monoisotopic (exact) mass is 418 g/mol. The molecule has 2 atom stereocenters. The van der Waals surface area contributed by atoms with Crippen LogP contribution < -0.4 is 0 Å². The second-order valence-corrected chi connectivity index (χ2v) is 8.26. The molecule has 0 bridgehead atoms. The van der Waals surface area contributed by atoms with Crippen molar-refractivity contribution < 1.29 is 19.1 Å². The van der Waals surface area contributed by atoms with Crippen LogP contribution in [0.5, 0.6) is 0 Å². The Hall–Kier alpha value is -1.84. The van der Waals surface area contributed by atoms with Crippen LogP contribution in [0.15, 0.2) is 24.3 Å². The Morgan fingerprint density at radius 1 is 0.800 bits per heavy atom. The number of hydrogen-bond donors (Lipinski definition) is 0. The van der Waals surface area contributed by atoms with Crippen LogP contribution in [0.1, 0.15) is 119 Å². The molecular weight excluding hydrogens is 376 g/mol. The van der Waals surface area contributed by atoms with Crippen molar-refractivity contribution in [2.24, 2.45) is 5.92 Å². The van der Waals surface area contributed by atoms with Crippen LogP contribution in [0.3, 0.4) is 0 Å². The Morgan fingerprint density at radius 3 is 2.03 bits per heavy atom. The van der Waals surface area contributed by atoms with E-state index in [1.54, 1.807) is 24.3 Å². The molecule has 0 saturated heterocycles. The van der Waals surface area contributed by atoms with E-state index in [2.05, 4.69) is 20.8 Å². The Balaban J connectivity index is 2.63. The number of carbonyl (C=O) groups excluding carboxylic acids is 2. The molecule has 0 fully saturated rings. The third kappa shape index (κ3) is 10.3. The Kier molecular flexibility index (Phi) is 13.9. The van der Waals surface area contributed by atoms with E-state index in [1.165, 1.54) is 19.3 Å². The van der Waals surface area contributed by atoms with E-state index < -0.39 is 0 Å². The molecule has 170 valence electrons. The molecule has 2 unspecified atom stereocenters. The van der Waals surface area contributed by atoms with Gasteiger partial charge in [0.05, 0.1) is 17.7 Å². The molecule has 0 aliphatic heterocycles. The van der Waals surface area contributed by atoms with Crippen molar-refractivity contribution in [2.75, 3.05) is 6.61 Å². The highest BCUT2D eigenvalue weighted by Gasteiger charge is 2.17. The van der Waals surface area contributed by atoms with Crippen molar-refractivity contribution >= 4 is 11.9 Å². The normalized spacial score (nSPS) is 12.9. The molecule has 1 aromatic carbocycles. The predicted molar refractivity (Wildman–Crippen MR) is 123 cm³/mol. The maximum atomic E-state index is 12.5. The van der Waals surface area contributed by atoms with E-state index >= 15 is 0 Å². The number of rotatable bonds is 16. The molecule has 0 radical (unpaired) electrons. The van der Waals surface area contributed by atoms with E-state index in [0.29, 0.717) is 23.7 Å². The summed E-state index contributed by atoms with van der Waals surface area (Å²) >= 11 is 0. The average Bonchev–Trinajstić information content (AvgIpc) is 2.76. The van der Waals surface area contributed by atoms with Crippen LogP contribution in [-0.4, -0.2) is 24.6 Å². The number of unbranched alkanes of at least 4 members (excludes halogenated alkanes) is 4. The first-order valence-corrected chi connectivity index (χ1v) is 12.0. The predicted octanol–water partition coefficient (Wildman–Crippen LogP) is 7.36. The maximum Gasteiger partial charge on any atom is 0.338 e. The van der Waals surface area contributed by atoms with E-state index in [1.807, 2.05) is 6.92 Å². The standard InChI is InChI=1S/C26H42O4/c1-5-9-11-15-21(14-7-3)20-29-25(27)22-16-13-17-23(19-22)26(28)30-24(8-4)18-12-10-6-2/h13,16-17,19,21,24H,5-12,14-15,18,20H2,1-4H3. The van der Waals surface area contributed by atoms with E-state index in [4.69, 9.17) is 9.47 Å². The van der Waals surface area contributed by atoms with Crippen molar-refractivity contribution in [3.8, 4) is 0 Å². The summed E-state index contributed by atoms with van der Waals surface area (Å²) in [5.74, 6) is -0.320. The van der Waals surface area contributed by atoms with Gasteiger partial charge in [-0.15, -0.1) is 0 Å². The minimum atomic E-state index is -0.365. The molecule has 0 amide bonds. The molecule has 4 nitrogen and oxygen atoms in total. The fourth-order valence-electron chi connectivity index (χ4n) is 3.64. The van der Waals surface area contributed by atoms with Crippen LogP contribution in [0.25, 0.3) is 0 Å². The van der Waals surface area contributed by atoms with Gasteiger partial charge in [-0.05, 0) is 56.2 Å². The second-order valence-electron chi connectivity index (χ2n) is 8.26. The van der Waals surface area contributed by atoms with Gasteiger partial charge in [0.25, 0.3) is 0 Å². The highest BCUT2D eigenvalue weighted by Crippen LogP contribution is 2.18. The molecule has 0 saturated carbocycles. The molecular formula is C26H42O4. The lowest BCUT2D eigenvalue weighted by Crippen LogP contribution is -2.18. The summed E-state index contributed by atoms with van der Waals surface area (Å²) in [7, 11) is 0. The fraction of sp³-hybridized carbons (Fsp3) is 0.692. The number of hydrogen-bond acceptors (Lipinski definition) is 4. The summed E-state index contributed by atoms with van der Waals surface area (Å²) < 4.78 is 11.2. The maximum absolute atomic E-state index is 12.5. The third-order valence-corrected chi connectivity index (χ3v) is 5.56. The molecule has 1 rings (SSSR count). The number of benzene rings is 1. The van der Waals surface area contributed by atoms with Crippen LogP contribution in [0.4, 0.5) is 0 Å². The minimum absolute atomic E-state index is 0.0717. The SMILES string of the molecule is CCCCCC(CCC)COC(=O)c1cccc(C(=O)OC(CC)CCCCC)c1. The number of esters is 2. The largest absolute Gasteiger partial charge is 0.462 e. The topological polar surface area (TPSA) is 52.6 Å². The lowest BCUT2D eigenvalue weighted by atomic mass is 9.97. The summed E-state index contributed by atoms with van der Waals surface area (Å²) in [5.41, 5.74) is 0.818. The first kappa shape index (κ1) is 26.2. The first-order chi connectivity index (χ1) is 14.5. The smallest absolute Gasteiger partial charge is 0.338 e. The summed E-state index contributed by atoms with van der Waals surface area (Å²) in [5, 5.41) is 0. The Bertz CT molecular complexity index is 611. The van der Waals surface area contributed by atoms with Crippen molar-refractivity contribution in [1.29, 1.82) is 0 Å². The zero-order valence-corrected chi connectivity index (χ0v) is 19.6. The van der Waals surface area contributed by atoms with Gasteiger partial charge in [-0.25, -0.2) is 9.59 Å². The fourth-order valence-corrected chi connectivity index (χ4v) is 3.64. The quantitative estimate of drug-likeness (QED) is 0.208. The summed E-state index contributed by atoms with van der Waals surface area (Å²) in [4.78, 5) is 25.1. The van der Waals surface area contributed by atoms with E-state index in [-0.39, 0.29) is 18.0 Å². The van der Waals surface area contributed by atoms with Gasteiger partial charge in [0.2, 0.25) is 0 Å². The molecule has 0 N–H and O–H groups in total. The molecule has 0 aliphatic carbocycles. The molecule has 4 heteroatoms. The summed E-state index contributed by atoms with van der Waals surface area (Å²) in [6.07, 6.45) is 11.8. The lowest BCUT2D eigenvalue weighted by molar-refractivity contribution is 0.0267. The van der Waals surface area contributed by atoms with Crippen LogP contribution in [0, 0.1) is 5.92 Å². The van der Waals surface area contributed by atoms with Crippen molar-refractivity contribution in [1.82, 2.24) is 0 Å². The van der Waals surface area contributed by atoms with E-state index in [0.717, 1.165) is 51.4 Å². The first-order valence-electron chi connectivity index (χ1n) is 12.0. The van der Waals surface area contributed by atoms with Crippen molar-refractivity contribution in [3.63, 3.8) is 0 Å². The minimum Gasteiger partial charge on any atom is -0.462 e. The Morgan fingerprint density at radius 2 is 1.43 bits per heavy atom. The van der Waals surface area contributed by atoms with Gasteiger partial charge in [0.15, 0.2) is 0 Å². The number of carbonyl (C=O) groups is 2. The number of ether oxygens (including phenoxy) is 2. The van der Waals surface area contributed by atoms with Gasteiger partial charge in [0.1, 0.15) is 6.10 Å². The van der Waals surface area contributed by atoms with Gasteiger partial charge < -0.3 is 9.47 Å². The molecule has 0 aromatic heterocycles. The van der Waals surface area contributed by atoms with Gasteiger partial charge in [-0.1, -0.05) is 72.3 Å². The van der Waals surface area contributed by atoms with Gasteiger partial charge in [0, 0.05) is 0 Å². The molecule has 0 heterocycles. The van der Waals surface area contributed by atoms with Crippen molar-refractivity contribution in [2.45, 2.75) is 104 Å². The molecule has 30 heavy (non-hydrogen) atoms. The molecule has 1 aromatic rings. The van der Waals surface area contributed by atoms with E-state index in [9.17, 15) is 9.59 Å². The van der Waals surface area contributed by atoms with Crippen molar-refractivity contribution in [3.05, 3.63) is 35.4 Å². The highest BCUT2D eigenvalue weighted by atomic mass is 16.5. The van der Waals surface area contributed by atoms with Gasteiger partial charge >= 0.3 is 11.9 Å². The molecule has 0 aliphatic rings. The average molecular weight is 419 g/mol. The zero-order chi connectivity index (χ0) is 22.2. The van der Waals surface area contributed by atoms with Crippen LogP contribution in [-0.2, 0) is 9.47 Å². The zero-order valence-electron chi connectivity index (χ0n) is 19.6. The third-order valence-electron chi connectivity index (χ3n) is 5.56. The summed E-state index contributed by atoms with van der Waals surface area (Å²) in [6, 6.07) is 6.71. The van der Waals surface area contributed by atoms with Gasteiger partial charge in [-0.2, -0.15) is 0 Å². The van der Waals surface area contributed by atoms with Crippen LogP contribution in [0.2, 0.25) is 0 Å². The van der Waals surface area contributed by atoms with Gasteiger partial charge in [-0.3, -0.25) is 0 Å². The lowest BCUT2D eigenvalue weighted by Gasteiger charge is -2.17. The highest BCUT2D eigenvalue weighted by molar-refractivity contribution is 5.95. The second kappa shape index (κ2) is 15.9. The van der Waals surface area contributed by atoms with Crippen LogP contribution >= 0.6 is 0 Å². The molecule has 0 spiro atoms. The summed E-state index contributed by atoms with van der Waals surface area (Å²) in [6.45, 7) is 8.99. The Labute approximate surface area is 183 Å².